The highest BCUT2D eigenvalue weighted by Crippen LogP contribution is 2.19. The average Bonchev–Trinajstić information content (AvgIpc) is 3.46. The highest BCUT2D eigenvalue weighted by atomic mass is 16.5. The van der Waals surface area contributed by atoms with Gasteiger partial charge in [-0.25, -0.2) is 0 Å². The van der Waals surface area contributed by atoms with Crippen molar-refractivity contribution in [1.82, 2.24) is 5.32 Å². The number of nitrogens with one attached hydrogen (secondary N) is 1. The molecular formula is C74H145NO5. The Hall–Kier alpha value is -1.40. The van der Waals surface area contributed by atoms with Crippen molar-refractivity contribution < 1.29 is 24.5 Å². The lowest BCUT2D eigenvalue weighted by Crippen LogP contribution is -2.45. The lowest BCUT2D eigenvalue weighted by Gasteiger charge is -2.22. The second kappa shape index (κ2) is 70.1. The fourth-order valence-electron chi connectivity index (χ4n) is 11.9. The third-order valence-corrected chi connectivity index (χ3v) is 17.6. The summed E-state index contributed by atoms with van der Waals surface area (Å²) in [5.74, 6) is -0.00824. The zero-order valence-electron chi connectivity index (χ0n) is 54.6. The van der Waals surface area contributed by atoms with Crippen molar-refractivity contribution in [2.45, 2.75) is 437 Å². The molecule has 0 aliphatic rings. The third kappa shape index (κ3) is 65.7. The number of carbonyl (C=O) groups is 2. The van der Waals surface area contributed by atoms with Crippen LogP contribution in [0.5, 0.6) is 0 Å². The maximum absolute atomic E-state index is 12.5. The molecule has 0 aromatic carbocycles. The molecule has 6 heteroatoms. The van der Waals surface area contributed by atoms with Crippen molar-refractivity contribution in [2.24, 2.45) is 0 Å². The van der Waals surface area contributed by atoms with Crippen molar-refractivity contribution in [3.8, 4) is 0 Å². The Morgan fingerprint density at radius 1 is 0.338 bits per heavy atom. The number of unbranched alkanes of at least 4 members (excludes halogenated alkanes) is 57. The number of hydrogen-bond donors (Lipinski definition) is 3. The number of hydrogen-bond acceptors (Lipinski definition) is 5. The van der Waals surface area contributed by atoms with E-state index in [2.05, 4.69) is 31.3 Å². The van der Waals surface area contributed by atoms with Crippen LogP contribution in [0.15, 0.2) is 12.2 Å². The molecule has 0 aliphatic carbocycles. The molecule has 6 nitrogen and oxygen atoms in total. The molecule has 0 saturated carbocycles. The van der Waals surface area contributed by atoms with Crippen LogP contribution in [-0.4, -0.2) is 47.4 Å². The van der Waals surface area contributed by atoms with Gasteiger partial charge in [-0.15, -0.1) is 0 Å². The molecule has 1 amide bonds. The van der Waals surface area contributed by atoms with Crippen molar-refractivity contribution in [3.63, 3.8) is 0 Å². The molecule has 0 radical (unpaired) electrons. The van der Waals surface area contributed by atoms with Gasteiger partial charge >= 0.3 is 5.97 Å². The average molecular weight is 1130 g/mol. The van der Waals surface area contributed by atoms with Crippen LogP contribution < -0.4 is 5.32 Å². The Labute approximate surface area is 501 Å². The molecule has 2 atom stereocenters. The van der Waals surface area contributed by atoms with Gasteiger partial charge in [0.05, 0.1) is 25.4 Å². The van der Waals surface area contributed by atoms with Crippen LogP contribution in [0.25, 0.3) is 0 Å². The quantitative estimate of drug-likeness (QED) is 0.0320. The van der Waals surface area contributed by atoms with Gasteiger partial charge in [0.1, 0.15) is 0 Å². The van der Waals surface area contributed by atoms with Crippen molar-refractivity contribution >= 4 is 11.9 Å². The second-order valence-electron chi connectivity index (χ2n) is 25.6. The first-order valence-electron chi connectivity index (χ1n) is 36.9. The SMILES string of the molecule is CCCCCCCCCCCCCCCCCCCCCC(=O)OCCCCCCCCCCCCCC/C=C\CCCCCCCCCCCCCCCC(=O)NC(CO)C(O)CCCCCCCCCCCCCCCCC. The first kappa shape index (κ1) is 78.6. The molecule has 0 spiro atoms. The summed E-state index contributed by atoms with van der Waals surface area (Å²) in [6.07, 6.45) is 87.1. The number of aliphatic hydroxyl groups is 2. The minimum Gasteiger partial charge on any atom is -0.466 e. The van der Waals surface area contributed by atoms with E-state index < -0.39 is 12.1 Å². The van der Waals surface area contributed by atoms with Crippen LogP contribution in [-0.2, 0) is 14.3 Å². The molecule has 3 N–H and O–H groups in total. The number of amides is 1. The zero-order valence-corrected chi connectivity index (χ0v) is 54.6. The molecule has 0 saturated heterocycles. The van der Waals surface area contributed by atoms with Crippen molar-refractivity contribution in [3.05, 3.63) is 12.2 Å². The van der Waals surface area contributed by atoms with Crippen LogP contribution in [0.1, 0.15) is 425 Å². The van der Waals surface area contributed by atoms with E-state index in [1.54, 1.807) is 0 Å². The Morgan fingerprint density at radius 2 is 0.588 bits per heavy atom. The molecule has 476 valence electrons. The van der Waals surface area contributed by atoms with Crippen molar-refractivity contribution in [2.75, 3.05) is 13.2 Å². The Bertz CT molecular complexity index is 1210. The van der Waals surface area contributed by atoms with E-state index in [0.29, 0.717) is 25.9 Å². The van der Waals surface area contributed by atoms with E-state index in [1.807, 2.05) is 0 Å². The molecule has 0 aromatic rings. The first-order valence-corrected chi connectivity index (χ1v) is 36.9. The van der Waals surface area contributed by atoms with E-state index in [1.165, 1.54) is 353 Å². The van der Waals surface area contributed by atoms with Crippen molar-refractivity contribution in [1.29, 1.82) is 0 Å². The third-order valence-electron chi connectivity index (χ3n) is 17.6. The Balaban J connectivity index is 3.34. The number of rotatable bonds is 70. The van der Waals surface area contributed by atoms with Gasteiger partial charge in [-0.05, 0) is 51.4 Å². The normalized spacial score (nSPS) is 12.5. The predicted molar refractivity (Wildman–Crippen MR) is 352 cm³/mol. The second-order valence-corrected chi connectivity index (χ2v) is 25.6. The number of esters is 1. The lowest BCUT2D eigenvalue weighted by atomic mass is 10.0. The molecule has 0 bridgehead atoms. The summed E-state index contributed by atoms with van der Waals surface area (Å²) in [7, 11) is 0. The predicted octanol–water partition coefficient (Wildman–Crippen LogP) is 23.9. The molecular weight excluding hydrogens is 983 g/mol. The highest BCUT2D eigenvalue weighted by molar-refractivity contribution is 5.76. The van der Waals surface area contributed by atoms with Crippen LogP contribution in [0, 0.1) is 0 Å². The molecule has 0 heterocycles. The smallest absolute Gasteiger partial charge is 0.305 e. The summed E-state index contributed by atoms with van der Waals surface area (Å²) in [5.41, 5.74) is 0. The van der Waals surface area contributed by atoms with Gasteiger partial charge in [-0.1, -0.05) is 373 Å². The van der Waals surface area contributed by atoms with E-state index in [0.717, 1.165) is 38.5 Å². The molecule has 0 aliphatic heterocycles. The lowest BCUT2D eigenvalue weighted by molar-refractivity contribution is -0.143. The monoisotopic (exact) mass is 1130 g/mol. The maximum atomic E-state index is 12.5. The summed E-state index contributed by atoms with van der Waals surface area (Å²) in [5, 5.41) is 23.3. The largest absolute Gasteiger partial charge is 0.466 e. The fraction of sp³-hybridized carbons (Fsp3) is 0.946. The van der Waals surface area contributed by atoms with Gasteiger partial charge in [-0.3, -0.25) is 9.59 Å². The minimum absolute atomic E-state index is 0.0224. The fourth-order valence-corrected chi connectivity index (χ4v) is 11.9. The summed E-state index contributed by atoms with van der Waals surface area (Å²) >= 11 is 0. The first-order chi connectivity index (χ1) is 39.5. The number of allylic oxidation sites excluding steroid dienone is 2. The summed E-state index contributed by atoms with van der Waals surface area (Å²) in [6, 6.07) is -0.540. The topological polar surface area (TPSA) is 95.9 Å². The van der Waals surface area contributed by atoms with Gasteiger partial charge in [0.25, 0.3) is 0 Å². The van der Waals surface area contributed by atoms with E-state index >= 15 is 0 Å². The van der Waals surface area contributed by atoms with Crippen LogP contribution in [0.4, 0.5) is 0 Å². The number of ether oxygens (including phenoxy) is 1. The van der Waals surface area contributed by atoms with E-state index in [-0.39, 0.29) is 18.5 Å². The Kier molecular flexibility index (Phi) is 68.9. The molecule has 0 fully saturated rings. The Morgan fingerprint density at radius 3 is 0.887 bits per heavy atom. The number of aliphatic hydroxyl groups excluding tert-OH is 2. The maximum Gasteiger partial charge on any atom is 0.305 e. The van der Waals surface area contributed by atoms with Gasteiger partial charge < -0.3 is 20.3 Å². The standard InChI is InChI=1S/C74H145NO5/c1-3-5-7-9-11-13-15-17-19-20-32-36-40-44-48-52-56-60-64-68-74(79)80-69-65-61-57-53-49-45-41-37-34-31-29-27-25-23-21-22-24-26-28-30-33-35-39-43-47-51-55-59-63-67-73(78)75-71(70-76)72(77)66-62-58-54-50-46-42-38-18-16-14-12-10-8-6-4-2/h21,23,71-72,76-77H,3-20,22,24-70H2,1-2H3,(H,75,78)/b23-21-. The van der Waals surface area contributed by atoms with Gasteiger partial charge in [-0.2, -0.15) is 0 Å². The van der Waals surface area contributed by atoms with Crippen LogP contribution >= 0.6 is 0 Å². The zero-order chi connectivity index (χ0) is 57.8. The highest BCUT2D eigenvalue weighted by Gasteiger charge is 2.20. The van der Waals surface area contributed by atoms with E-state index in [4.69, 9.17) is 4.74 Å². The summed E-state index contributed by atoms with van der Waals surface area (Å²) in [4.78, 5) is 24.6. The van der Waals surface area contributed by atoms with Gasteiger partial charge in [0.15, 0.2) is 0 Å². The van der Waals surface area contributed by atoms with Crippen LogP contribution in [0.2, 0.25) is 0 Å². The molecule has 0 rings (SSSR count). The van der Waals surface area contributed by atoms with Crippen LogP contribution in [0.3, 0.4) is 0 Å². The van der Waals surface area contributed by atoms with Gasteiger partial charge in [0, 0.05) is 12.8 Å². The van der Waals surface area contributed by atoms with Gasteiger partial charge in [0.2, 0.25) is 5.91 Å². The minimum atomic E-state index is -0.663. The number of carbonyl (C=O) groups excluding carboxylic acids is 2. The van der Waals surface area contributed by atoms with E-state index in [9.17, 15) is 19.8 Å². The molecule has 0 aromatic heterocycles. The summed E-state index contributed by atoms with van der Waals surface area (Å²) in [6.45, 7) is 5.00. The molecule has 80 heavy (non-hydrogen) atoms. The molecule has 2 unspecified atom stereocenters. The summed E-state index contributed by atoms with van der Waals surface area (Å²) < 4.78 is 5.52.